The number of hydrogen-bond donors (Lipinski definition) is 1. The number of hydrogen-bond acceptors (Lipinski definition) is 3. The molecule has 1 atom stereocenters. The molecule has 0 radical (unpaired) electrons. The van der Waals surface area contributed by atoms with E-state index in [2.05, 4.69) is 4.98 Å². The largest absolute Gasteiger partial charge is 0.497 e. The number of rotatable bonds is 6. The number of aromatic nitrogens is 1. The molecule has 1 amide bonds. The van der Waals surface area contributed by atoms with Crippen molar-refractivity contribution >= 4 is 23.1 Å². The zero-order chi connectivity index (χ0) is 15.4. The minimum Gasteiger partial charge on any atom is -0.497 e. The van der Waals surface area contributed by atoms with E-state index in [1.165, 1.54) is 6.92 Å². The van der Waals surface area contributed by atoms with E-state index < -0.39 is 6.04 Å². The van der Waals surface area contributed by atoms with Crippen LogP contribution in [-0.2, 0) is 16.0 Å². The second-order valence-corrected chi connectivity index (χ2v) is 4.94. The van der Waals surface area contributed by atoms with Crippen molar-refractivity contribution < 1.29 is 14.3 Å². The van der Waals surface area contributed by atoms with Gasteiger partial charge >= 0.3 is 0 Å². The Morgan fingerprint density at radius 2 is 2.24 bits per heavy atom. The van der Waals surface area contributed by atoms with Crippen molar-refractivity contribution in [3.63, 3.8) is 0 Å². The standard InChI is InChI=1S/C16H20N2O3/c1-4-18(11(2)20)13(10-19)7-12-9-17-16-6-5-14(21-3)8-15(12)16/h5-6,8-10,13,17H,4,7H2,1-3H3. The lowest BCUT2D eigenvalue weighted by atomic mass is 10.0. The molecule has 0 saturated heterocycles. The van der Waals surface area contributed by atoms with Gasteiger partial charge < -0.3 is 19.4 Å². The Kier molecular flexibility index (Phi) is 4.62. The zero-order valence-corrected chi connectivity index (χ0v) is 12.6. The highest BCUT2D eigenvalue weighted by molar-refractivity contribution is 5.85. The van der Waals surface area contributed by atoms with Crippen LogP contribution in [0.2, 0.25) is 0 Å². The maximum absolute atomic E-state index is 11.6. The van der Waals surface area contributed by atoms with Crippen LogP contribution in [-0.4, -0.2) is 41.8 Å². The lowest BCUT2D eigenvalue weighted by molar-refractivity contribution is -0.134. The number of nitrogens with zero attached hydrogens (tertiary/aromatic N) is 1. The first-order valence-electron chi connectivity index (χ1n) is 6.97. The molecule has 0 aliphatic carbocycles. The van der Waals surface area contributed by atoms with E-state index in [0.29, 0.717) is 13.0 Å². The summed E-state index contributed by atoms with van der Waals surface area (Å²) in [4.78, 5) is 27.7. The molecule has 2 rings (SSSR count). The van der Waals surface area contributed by atoms with Gasteiger partial charge in [0, 0.05) is 37.0 Å². The van der Waals surface area contributed by atoms with E-state index in [-0.39, 0.29) is 5.91 Å². The molecule has 0 aliphatic rings. The van der Waals surface area contributed by atoms with Crippen LogP contribution in [0.1, 0.15) is 19.4 Å². The predicted molar refractivity (Wildman–Crippen MR) is 81.5 cm³/mol. The van der Waals surface area contributed by atoms with Crippen LogP contribution in [0.25, 0.3) is 10.9 Å². The average molecular weight is 288 g/mol. The number of ether oxygens (including phenoxy) is 1. The van der Waals surface area contributed by atoms with Crippen molar-refractivity contribution in [3.8, 4) is 5.75 Å². The van der Waals surface area contributed by atoms with Gasteiger partial charge in [-0.2, -0.15) is 0 Å². The van der Waals surface area contributed by atoms with Crippen LogP contribution in [0.15, 0.2) is 24.4 Å². The summed E-state index contributed by atoms with van der Waals surface area (Å²) in [5, 5.41) is 1.01. The number of carbonyl (C=O) groups excluding carboxylic acids is 2. The number of H-pyrrole nitrogens is 1. The molecule has 1 aromatic carbocycles. The van der Waals surface area contributed by atoms with Crippen LogP contribution in [0.4, 0.5) is 0 Å². The topological polar surface area (TPSA) is 62.4 Å². The molecule has 112 valence electrons. The Hall–Kier alpha value is -2.30. The van der Waals surface area contributed by atoms with E-state index in [9.17, 15) is 9.59 Å². The van der Waals surface area contributed by atoms with Gasteiger partial charge in [-0.3, -0.25) is 4.79 Å². The van der Waals surface area contributed by atoms with Crippen molar-refractivity contribution in [2.24, 2.45) is 0 Å². The highest BCUT2D eigenvalue weighted by Gasteiger charge is 2.20. The summed E-state index contributed by atoms with van der Waals surface area (Å²) in [6.45, 7) is 3.87. The molecule has 0 saturated carbocycles. The van der Waals surface area contributed by atoms with E-state index in [1.807, 2.05) is 31.3 Å². The van der Waals surface area contributed by atoms with Gasteiger partial charge in [0.25, 0.3) is 0 Å². The first kappa shape index (κ1) is 15.1. The number of likely N-dealkylation sites (N-methyl/N-ethyl adjacent to an activating group) is 1. The number of aromatic amines is 1. The van der Waals surface area contributed by atoms with Gasteiger partial charge in [-0.1, -0.05) is 0 Å². The van der Waals surface area contributed by atoms with Crippen molar-refractivity contribution in [1.82, 2.24) is 9.88 Å². The fourth-order valence-corrected chi connectivity index (χ4v) is 2.60. The molecule has 0 bridgehead atoms. The van der Waals surface area contributed by atoms with E-state index in [4.69, 9.17) is 4.74 Å². The fraction of sp³-hybridized carbons (Fsp3) is 0.375. The molecule has 1 aromatic heterocycles. The molecule has 2 aromatic rings. The van der Waals surface area contributed by atoms with Crippen molar-refractivity contribution in [3.05, 3.63) is 30.0 Å². The first-order valence-corrected chi connectivity index (χ1v) is 6.97. The third kappa shape index (κ3) is 3.07. The first-order chi connectivity index (χ1) is 10.1. The Labute approximate surface area is 123 Å². The molecule has 1 N–H and O–H groups in total. The number of methoxy groups -OCH3 is 1. The van der Waals surface area contributed by atoms with Crippen molar-refractivity contribution in [2.75, 3.05) is 13.7 Å². The highest BCUT2D eigenvalue weighted by atomic mass is 16.5. The number of fused-ring (bicyclic) bond motifs is 1. The van der Waals surface area contributed by atoms with Gasteiger partial charge in [0.1, 0.15) is 12.0 Å². The summed E-state index contributed by atoms with van der Waals surface area (Å²) in [6, 6.07) is 5.31. The number of aldehydes is 1. The second kappa shape index (κ2) is 6.43. The van der Waals surface area contributed by atoms with E-state index >= 15 is 0 Å². The van der Waals surface area contributed by atoms with Gasteiger partial charge in [0.05, 0.1) is 13.2 Å². The number of nitrogens with one attached hydrogen (secondary N) is 1. The summed E-state index contributed by atoms with van der Waals surface area (Å²) in [7, 11) is 1.62. The van der Waals surface area contributed by atoms with Gasteiger partial charge in [0.15, 0.2) is 0 Å². The van der Waals surface area contributed by atoms with Gasteiger partial charge in [-0.15, -0.1) is 0 Å². The Morgan fingerprint density at radius 3 is 2.81 bits per heavy atom. The minimum atomic E-state index is -0.447. The monoisotopic (exact) mass is 288 g/mol. The van der Waals surface area contributed by atoms with Crippen LogP contribution >= 0.6 is 0 Å². The highest BCUT2D eigenvalue weighted by Crippen LogP contribution is 2.25. The number of carbonyl (C=O) groups is 2. The summed E-state index contributed by atoms with van der Waals surface area (Å²) in [5.41, 5.74) is 1.99. The molecule has 5 nitrogen and oxygen atoms in total. The Balaban J connectivity index is 2.33. The Morgan fingerprint density at radius 1 is 1.48 bits per heavy atom. The smallest absolute Gasteiger partial charge is 0.220 e. The average Bonchev–Trinajstić information content (AvgIpc) is 2.88. The molecule has 21 heavy (non-hydrogen) atoms. The quantitative estimate of drug-likeness (QED) is 0.828. The Bertz CT molecular complexity index is 648. The lowest BCUT2D eigenvalue weighted by Gasteiger charge is -2.25. The summed E-state index contributed by atoms with van der Waals surface area (Å²) < 4.78 is 5.24. The normalized spacial score (nSPS) is 12.1. The summed E-state index contributed by atoms with van der Waals surface area (Å²) in [6.07, 6.45) is 3.21. The number of benzene rings is 1. The van der Waals surface area contributed by atoms with E-state index in [0.717, 1.165) is 28.5 Å². The van der Waals surface area contributed by atoms with Crippen molar-refractivity contribution in [2.45, 2.75) is 26.3 Å². The molecule has 1 unspecified atom stereocenters. The van der Waals surface area contributed by atoms with Crippen molar-refractivity contribution in [1.29, 1.82) is 0 Å². The maximum atomic E-state index is 11.6. The third-order valence-electron chi connectivity index (χ3n) is 3.71. The number of amides is 1. The van der Waals surface area contributed by atoms with Crippen LogP contribution in [0, 0.1) is 0 Å². The minimum absolute atomic E-state index is 0.0907. The molecule has 5 heteroatoms. The van der Waals surface area contributed by atoms with E-state index in [1.54, 1.807) is 12.0 Å². The third-order valence-corrected chi connectivity index (χ3v) is 3.71. The summed E-state index contributed by atoms with van der Waals surface area (Å²) >= 11 is 0. The molecule has 0 fully saturated rings. The van der Waals surface area contributed by atoms with Crippen LogP contribution in [0.5, 0.6) is 5.75 Å². The maximum Gasteiger partial charge on any atom is 0.220 e. The molecule has 1 heterocycles. The zero-order valence-electron chi connectivity index (χ0n) is 12.6. The summed E-state index contributed by atoms with van der Waals surface area (Å²) in [5.74, 6) is 0.678. The van der Waals surface area contributed by atoms with Gasteiger partial charge in [-0.25, -0.2) is 0 Å². The van der Waals surface area contributed by atoms with Gasteiger partial charge in [0.2, 0.25) is 5.91 Å². The fourth-order valence-electron chi connectivity index (χ4n) is 2.60. The molecular weight excluding hydrogens is 268 g/mol. The van der Waals surface area contributed by atoms with Crippen LogP contribution < -0.4 is 4.74 Å². The molecule has 0 aliphatic heterocycles. The molecular formula is C16H20N2O3. The predicted octanol–water partition coefficient (Wildman–Crippen LogP) is 2.15. The SMILES string of the molecule is CCN(C(C)=O)C(C=O)Cc1c[nH]c2ccc(OC)cc12. The van der Waals surface area contributed by atoms with Crippen LogP contribution in [0.3, 0.4) is 0 Å². The second-order valence-electron chi connectivity index (χ2n) is 4.94. The lowest BCUT2D eigenvalue weighted by Crippen LogP contribution is -2.41. The van der Waals surface area contributed by atoms with Gasteiger partial charge in [-0.05, 0) is 30.7 Å². The molecule has 0 spiro atoms.